The number of carbonyl (C=O) groups is 2. The number of carboxylic acids is 1. The zero-order chi connectivity index (χ0) is 17.1. The predicted octanol–water partition coefficient (Wildman–Crippen LogP) is 1.35. The average Bonchev–Trinajstić information content (AvgIpc) is 3.17. The summed E-state index contributed by atoms with van der Waals surface area (Å²) in [6.07, 6.45) is 4.02. The Morgan fingerprint density at radius 2 is 2.21 bits per heavy atom. The second-order valence-electron chi connectivity index (χ2n) is 6.62. The van der Waals surface area contributed by atoms with Crippen LogP contribution >= 0.6 is 11.3 Å². The largest absolute Gasteiger partial charge is 0.480 e. The molecule has 1 amide bonds. The van der Waals surface area contributed by atoms with Gasteiger partial charge in [-0.1, -0.05) is 0 Å². The summed E-state index contributed by atoms with van der Waals surface area (Å²) >= 11 is 1.41. The van der Waals surface area contributed by atoms with E-state index >= 15 is 0 Å². The van der Waals surface area contributed by atoms with Crippen molar-refractivity contribution in [2.45, 2.75) is 44.4 Å². The second kappa shape index (κ2) is 7.58. The van der Waals surface area contributed by atoms with Crippen LogP contribution in [0.2, 0.25) is 0 Å². The zero-order valence-electron chi connectivity index (χ0n) is 13.7. The maximum absolute atomic E-state index is 12.2. The third kappa shape index (κ3) is 4.52. The summed E-state index contributed by atoms with van der Waals surface area (Å²) in [6.45, 7) is 1.37. The van der Waals surface area contributed by atoms with Gasteiger partial charge < -0.3 is 15.2 Å². The van der Waals surface area contributed by atoms with Gasteiger partial charge in [0.2, 0.25) is 0 Å². The summed E-state index contributed by atoms with van der Waals surface area (Å²) in [4.78, 5) is 29.5. The van der Waals surface area contributed by atoms with Crippen molar-refractivity contribution in [3.8, 4) is 0 Å². The molecule has 2 fully saturated rings. The van der Waals surface area contributed by atoms with E-state index in [4.69, 9.17) is 9.84 Å². The number of rotatable bonds is 9. The highest BCUT2D eigenvalue weighted by Crippen LogP contribution is 2.33. The summed E-state index contributed by atoms with van der Waals surface area (Å²) in [5.41, 5.74) is 0.427. The first-order chi connectivity index (χ1) is 11.5. The van der Waals surface area contributed by atoms with Gasteiger partial charge in [0, 0.05) is 31.1 Å². The Bertz CT molecular complexity index is 596. The minimum atomic E-state index is -0.781. The summed E-state index contributed by atoms with van der Waals surface area (Å²) in [5.74, 6) is -0.285. The molecule has 1 aromatic rings. The highest BCUT2D eigenvalue weighted by Gasteiger charge is 2.37. The lowest BCUT2D eigenvalue weighted by molar-refractivity contribution is -0.139. The summed E-state index contributed by atoms with van der Waals surface area (Å²) in [6, 6.07) is 0.358. The number of thiazole rings is 1. The predicted molar refractivity (Wildman–Crippen MR) is 89.0 cm³/mol. The molecular formula is C16H23N3O4S. The Morgan fingerprint density at radius 3 is 2.83 bits per heavy atom. The monoisotopic (exact) mass is 353 g/mol. The van der Waals surface area contributed by atoms with Crippen LogP contribution in [0.25, 0.3) is 0 Å². The highest BCUT2D eigenvalue weighted by molar-refractivity contribution is 7.09. The second-order valence-corrected chi connectivity index (χ2v) is 7.56. The topological polar surface area (TPSA) is 91.8 Å². The maximum atomic E-state index is 12.2. The molecule has 0 bridgehead atoms. The Morgan fingerprint density at radius 1 is 1.46 bits per heavy atom. The molecule has 1 heterocycles. The lowest BCUT2D eigenvalue weighted by atomic mass is 9.85. The lowest BCUT2D eigenvalue weighted by Gasteiger charge is -2.42. The zero-order valence-corrected chi connectivity index (χ0v) is 14.6. The summed E-state index contributed by atoms with van der Waals surface area (Å²) < 4.78 is 5.01. The van der Waals surface area contributed by atoms with Gasteiger partial charge in [-0.3, -0.25) is 14.5 Å². The highest BCUT2D eigenvalue weighted by atomic mass is 32.1. The molecule has 132 valence electrons. The molecule has 0 aromatic carbocycles. The Hall–Kier alpha value is -1.51. The van der Waals surface area contributed by atoms with Crippen molar-refractivity contribution in [3.63, 3.8) is 0 Å². The number of aromatic nitrogens is 1. The summed E-state index contributed by atoms with van der Waals surface area (Å²) in [7, 11) is 1.60. The van der Waals surface area contributed by atoms with Gasteiger partial charge in [0.25, 0.3) is 5.91 Å². The van der Waals surface area contributed by atoms with Crippen molar-refractivity contribution in [2.75, 3.05) is 20.2 Å². The maximum Gasteiger partial charge on any atom is 0.317 e. The van der Waals surface area contributed by atoms with E-state index in [1.165, 1.54) is 24.2 Å². The minimum Gasteiger partial charge on any atom is -0.480 e. The summed E-state index contributed by atoms with van der Waals surface area (Å²) in [5, 5.41) is 14.6. The molecule has 0 atom stereocenters. The van der Waals surface area contributed by atoms with Crippen molar-refractivity contribution in [1.82, 2.24) is 15.2 Å². The van der Waals surface area contributed by atoms with Crippen molar-refractivity contribution in [1.29, 1.82) is 0 Å². The number of hydrogen-bond donors (Lipinski definition) is 2. The molecular weight excluding hydrogens is 330 g/mol. The van der Waals surface area contributed by atoms with E-state index in [-0.39, 0.29) is 24.5 Å². The number of hydrogen-bond acceptors (Lipinski definition) is 6. The lowest BCUT2D eigenvalue weighted by Crippen LogP contribution is -2.55. The third-order valence-corrected chi connectivity index (χ3v) is 5.37. The first-order valence-electron chi connectivity index (χ1n) is 8.25. The van der Waals surface area contributed by atoms with Gasteiger partial charge in [-0.2, -0.15) is 0 Å². The van der Waals surface area contributed by atoms with Crippen LogP contribution in [-0.2, 0) is 16.1 Å². The standard InChI is InChI=1S/C16H23N3O4S/c1-23-8-14-18-13(9-24-14)16(22)17-11-4-12(5-11)19(7-15(20)21)6-10-2-3-10/h9-12H,2-8H2,1H3,(H,17,22)(H,20,21). The Labute approximate surface area is 145 Å². The van der Waals surface area contributed by atoms with Crippen LogP contribution in [0.1, 0.15) is 41.2 Å². The van der Waals surface area contributed by atoms with Crippen LogP contribution in [0.15, 0.2) is 5.38 Å². The average molecular weight is 353 g/mol. The van der Waals surface area contributed by atoms with E-state index in [1.54, 1.807) is 12.5 Å². The molecule has 24 heavy (non-hydrogen) atoms. The van der Waals surface area contributed by atoms with Gasteiger partial charge in [0.1, 0.15) is 10.7 Å². The normalized spacial score (nSPS) is 23.1. The van der Waals surface area contributed by atoms with Gasteiger partial charge in [0.05, 0.1) is 13.2 Å². The molecule has 1 aromatic heterocycles. The van der Waals surface area contributed by atoms with Crippen LogP contribution in [0, 0.1) is 5.92 Å². The van der Waals surface area contributed by atoms with Gasteiger partial charge >= 0.3 is 5.97 Å². The quantitative estimate of drug-likeness (QED) is 0.696. The number of nitrogens with one attached hydrogen (secondary N) is 1. The van der Waals surface area contributed by atoms with Gasteiger partial charge in [-0.15, -0.1) is 11.3 Å². The number of methoxy groups -OCH3 is 1. The van der Waals surface area contributed by atoms with Crippen molar-refractivity contribution in [3.05, 3.63) is 16.1 Å². The fraction of sp³-hybridized carbons (Fsp3) is 0.688. The fourth-order valence-electron chi connectivity index (χ4n) is 3.02. The third-order valence-electron chi connectivity index (χ3n) is 4.54. The number of ether oxygens (including phenoxy) is 1. The van der Waals surface area contributed by atoms with Crippen molar-refractivity contribution >= 4 is 23.2 Å². The van der Waals surface area contributed by atoms with Crippen LogP contribution < -0.4 is 5.32 Å². The molecule has 0 radical (unpaired) electrons. The first-order valence-corrected chi connectivity index (χ1v) is 9.13. The number of amides is 1. The molecule has 0 aliphatic heterocycles. The number of carbonyl (C=O) groups excluding carboxylic acids is 1. The molecule has 8 heteroatoms. The molecule has 2 aliphatic rings. The van der Waals surface area contributed by atoms with Crippen LogP contribution in [0.4, 0.5) is 0 Å². The molecule has 2 aliphatic carbocycles. The smallest absolute Gasteiger partial charge is 0.317 e. The van der Waals surface area contributed by atoms with E-state index in [1.807, 2.05) is 0 Å². The van der Waals surface area contributed by atoms with E-state index in [0.717, 1.165) is 24.4 Å². The van der Waals surface area contributed by atoms with Gasteiger partial charge in [0.15, 0.2) is 0 Å². The van der Waals surface area contributed by atoms with Gasteiger partial charge in [-0.05, 0) is 31.6 Å². The Kier molecular flexibility index (Phi) is 5.47. The number of aliphatic carboxylic acids is 1. The SMILES string of the molecule is COCc1nc(C(=O)NC2CC(N(CC(=O)O)CC3CC3)C2)cs1. The molecule has 0 unspecified atom stereocenters. The number of nitrogens with zero attached hydrogens (tertiary/aromatic N) is 2. The minimum absolute atomic E-state index is 0.0916. The fourth-order valence-corrected chi connectivity index (χ4v) is 3.76. The van der Waals surface area contributed by atoms with E-state index in [9.17, 15) is 9.59 Å². The molecule has 0 spiro atoms. The molecule has 2 N–H and O–H groups in total. The van der Waals surface area contributed by atoms with E-state index in [0.29, 0.717) is 18.2 Å². The molecule has 0 saturated heterocycles. The first kappa shape index (κ1) is 17.3. The van der Waals surface area contributed by atoms with E-state index in [2.05, 4.69) is 15.2 Å². The van der Waals surface area contributed by atoms with E-state index < -0.39 is 5.97 Å². The number of carboxylic acid groups (broad SMARTS) is 1. The Balaban J connectivity index is 1.46. The van der Waals surface area contributed by atoms with Crippen LogP contribution in [-0.4, -0.2) is 59.1 Å². The van der Waals surface area contributed by atoms with Crippen LogP contribution in [0.3, 0.4) is 0 Å². The van der Waals surface area contributed by atoms with Crippen molar-refractivity contribution in [2.24, 2.45) is 5.92 Å². The molecule has 3 rings (SSSR count). The molecule has 7 nitrogen and oxygen atoms in total. The van der Waals surface area contributed by atoms with Gasteiger partial charge in [-0.25, -0.2) is 4.98 Å². The van der Waals surface area contributed by atoms with Crippen LogP contribution in [0.5, 0.6) is 0 Å². The molecule has 2 saturated carbocycles. The van der Waals surface area contributed by atoms with Crippen molar-refractivity contribution < 1.29 is 19.4 Å².